The van der Waals surface area contributed by atoms with Crippen molar-refractivity contribution in [1.29, 1.82) is 0 Å². The first kappa shape index (κ1) is 11.8. The number of hydrogen-bond acceptors (Lipinski definition) is 3. The van der Waals surface area contributed by atoms with Crippen molar-refractivity contribution in [2.45, 2.75) is 40.3 Å². The molecule has 2 aromatic heterocycles. The van der Waals surface area contributed by atoms with E-state index in [1.807, 2.05) is 17.7 Å². The first-order valence-electron chi connectivity index (χ1n) is 5.90. The number of aryl methyl sites for hydroxylation is 1. The van der Waals surface area contributed by atoms with Gasteiger partial charge in [0, 0.05) is 18.2 Å². The van der Waals surface area contributed by atoms with Crippen molar-refractivity contribution in [2.75, 3.05) is 5.32 Å². The number of rotatable bonds is 4. The van der Waals surface area contributed by atoms with Gasteiger partial charge in [-0.3, -0.25) is 4.68 Å². The van der Waals surface area contributed by atoms with Crippen molar-refractivity contribution in [1.82, 2.24) is 9.78 Å². The zero-order valence-electron chi connectivity index (χ0n) is 10.8. The Bertz CT molecular complexity index is 483. The van der Waals surface area contributed by atoms with Gasteiger partial charge < -0.3 is 9.73 Å². The van der Waals surface area contributed by atoms with Crippen molar-refractivity contribution in [3.8, 4) is 0 Å². The van der Waals surface area contributed by atoms with Crippen LogP contribution in [0.4, 0.5) is 5.69 Å². The molecule has 0 fully saturated rings. The molecule has 4 nitrogen and oxygen atoms in total. The molecule has 0 saturated carbocycles. The molecule has 4 heteroatoms. The Balaban J connectivity index is 2.15. The molecule has 0 aliphatic carbocycles. The second kappa shape index (κ2) is 4.65. The van der Waals surface area contributed by atoms with E-state index in [2.05, 4.69) is 31.2 Å². The highest BCUT2D eigenvalue weighted by Gasteiger charge is 2.12. The van der Waals surface area contributed by atoms with Gasteiger partial charge in [0.25, 0.3) is 0 Å². The SMILES string of the molecule is Cc1nn(C(C)C)c(C)c1NCc1ccoc1. The van der Waals surface area contributed by atoms with Crippen LogP contribution in [0.15, 0.2) is 23.0 Å². The fraction of sp³-hybridized carbons (Fsp3) is 0.462. The Kier molecular flexibility index (Phi) is 3.22. The van der Waals surface area contributed by atoms with Gasteiger partial charge in [-0.05, 0) is 33.8 Å². The van der Waals surface area contributed by atoms with Crippen molar-refractivity contribution >= 4 is 5.69 Å². The molecule has 0 atom stereocenters. The van der Waals surface area contributed by atoms with Gasteiger partial charge >= 0.3 is 0 Å². The number of hydrogen-bond donors (Lipinski definition) is 1. The van der Waals surface area contributed by atoms with E-state index >= 15 is 0 Å². The third-order valence-corrected chi connectivity index (χ3v) is 2.86. The summed E-state index contributed by atoms with van der Waals surface area (Å²) in [6.45, 7) is 9.17. The summed E-state index contributed by atoms with van der Waals surface area (Å²) in [6, 6.07) is 2.35. The molecule has 0 spiro atoms. The minimum atomic E-state index is 0.387. The van der Waals surface area contributed by atoms with Crippen molar-refractivity contribution in [3.63, 3.8) is 0 Å². The molecular formula is C13H19N3O. The molecule has 2 aromatic rings. The average molecular weight is 233 g/mol. The highest BCUT2D eigenvalue weighted by atomic mass is 16.3. The Morgan fingerprint density at radius 2 is 2.18 bits per heavy atom. The Hall–Kier alpha value is -1.71. The maximum atomic E-state index is 5.05. The fourth-order valence-electron chi connectivity index (χ4n) is 2.01. The molecule has 0 radical (unpaired) electrons. The molecule has 0 unspecified atom stereocenters. The second-order valence-electron chi connectivity index (χ2n) is 4.57. The Morgan fingerprint density at radius 1 is 1.41 bits per heavy atom. The quantitative estimate of drug-likeness (QED) is 0.881. The molecule has 0 aliphatic heterocycles. The van der Waals surface area contributed by atoms with Gasteiger partial charge in [0.05, 0.1) is 29.6 Å². The van der Waals surface area contributed by atoms with Crippen LogP contribution in [0, 0.1) is 13.8 Å². The normalized spacial score (nSPS) is 11.1. The number of nitrogens with zero attached hydrogens (tertiary/aromatic N) is 2. The van der Waals surface area contributed by atoms with E-state index in [4.69, 9.17) is 4.42 Å². The van der Waals surface area contributed by atoms with E-state index in [1.165, 1.54) is 5.69 Å². The summed E-state index contributed by atoms with van der Waals surface area (Å²) >= 11 is 0. The lowest BCUT2D eigenvalue weighted by Gasteiger charge is -2.09. The number of furan rings is 1. The van der Waals surface area contributed by atoms with Crippen molar-refractivity contribution in [2.24, 2.45) is 0 Å². The van der Waals surface area contributed by atoms with E-state index in [0.29, 0.717) is 6.04 Å². The maximum Gasteiger partial charge on any atom is 0.0952 e. The predicted molar refractivity (Wildman–Crippen MR) is 68.1 cm³/mol. The van der Waals surface area contributed by atoms with E-state index in [1.54, 1.807) is 12.5 Å². The Morgan fingerprint density at radius 3 is 2.71 bits per heavy atom. The Labute approximate surface area is 102 Å². The van der Waals surface area contributed by atoms with Gasteiger partial charge in [0.1, 0.15) is 0 Å². The van der Waals surface area contributed by atoms with Gasteiger partial charge in [-0.2, -0.15) is 5.10 Å². The zero-order valence-corrected chi connectivity index (χ0v) is 10.8. The smallest absolute Gasteiger partial charge is 0.0952 e. The van der Waals surface area contributed by atoms with Crippen LogP contribution in [-0.4, -0.2) is 9.78 Å². The third-order valence-electron chi connectivity index (χ3n) is 2.86. The average Bonchev–Trinajstić information content (AvgIpc) is 2.86. The van der Waals surface area contributed by atoms with E-state index in [9.17, 15) is 0 Å². The van der Waals surface area contributed by atoms with Gasteiger partial charge in [0.15, 0.2) is 0 Å². The molecule has 17 heavy (non-hydrogen) atoms. The van der Waals surface area contributed by atoms with Gasteiger partial charge in [0.2, 0.25) is 0 Å². The van der Waals surface area contributed by atoms with Crippen molar-refractivity contribution in [3.05, 3.63) is 35.5 Å². The van der Waals surface area contributed by atoms with Crippen LogP contribution in [0.2, 0.25) is 0 Å². The van der Waals surface area contributed by atoms with E-state index in [0.717, 1.165) is 23.5 Å². The van der Waals surface area contributed by atoms with Crippen LogP contribution in [0.5, 0.6) is 0 Å². The van der Waals surface area contributed by atoms with Crippen molar-refractivity contribution < 1.29 is 4.42 Å². The first-order chi connectivity index (χ1) is 8.09. The third kappa shape index (κ3) is 2.35. The highest BCUT2D eigenvalue weighted by Crippen LogP contribution is 2.22. The molecule has 92 valence electrons. The zero-order chi connectivity index (χ0) is 12.4. The van der Waals surface area contributed by atoms with Gasteiger partial charge in [-0.25, -0.2) is 0 Å². The number of anilines is 1. The molecular weight excluding hydrogens is 214 g/mol. The minimum absolute atomic E-state index is 0.387. The molecule has 0 bridgehead atoms. The lowest BCUT2D eigenvalue weighted by Crippen LogP contribution is -2.06. The van der Waals surface area contributed by atoms with Crippen LogP contribution < -0.4 is 5.32 Å². The summed E-state index contributed by atoms with van der Waals surface area (Å²) < 4.78 is 7.09. The summed E-state index contributed by atoms with van der Waals surface area (Å²) in [5.41, 5.74) is 4.49. The van der Waals surface area contributed by atoms with Crippen LogP contribution >= 0.6 is 0 Å². The monoisotopic (exact) mass is 233 g/mol. The molecule has 2 rings (SSSR count). The van der Waals surface area contributed by atoms with E-state index in [-0.39, 0.29) is 0 Å². The highest BCUT2D eigenvalue weighted by molar-refractivity contribution is 5.52. The molecule has 2 heterocycles. The van der Waals surface area contributed by atoms with E-state index < -0.39 is 0 Å². The van der Waals surface area contributed by atoms with Gasteiger partial charge in [-0.1, -0.05) is 0 Å². The lowest BCUT2D eigenvalue weighted by atomic mass is 10.2. The topological polar surface area (TPSA) is 43.0 Å². The van der Waals surface area contributed by atoms with Crippen LogP contribution in [-0.2, 0) is 6.54 Å². The molecule has 0 aromatic carbocycles. The lowest BCUT2D eigenvalue weighted by molar-refractivity contribution is 0.516. The summed E-state index contributed by atoms with van der Waals surface area (Å²) in [5, 5.41) is 7.96. The minimum Gasteiger partial charge on any atom is -0.472 e. The summed E-state index contributed by atoms with van der Waals surface area (Å²) in [6.07, 6.45) is 3.44. The predicted octanol–water partition coefficient (Wildman–Crippen LogP) is 3.29. The second-order valence-corrected chi connectivity index (χ2v) is 4.57. The summed E-state index contributed by atoms with van der Waals surface area (Å²) in [4.78, 5) is 0. The van der Waals surface area contributed by atoms with Crippen LogP contribution in [0.3, 0.4) is 0 Å². The van der Waals surface area contributed by atoms with Crippen LogP contribution in [0.1, 0.15) is 36.8 Å². The maximum absolute atomic E-state index is 5.05. The number of aromatic nitrogens is 2. The molecule has 1 N–H and O–H groups in total. The fourth-order valence-corrected chi connectivity index (χ4v) is 2.01. The standard InChI is InChI=1S/C13H19N3O/c1-9(2)16-11(4)13(10(3)15-16)14-7-12-5-6-17-8-12/h5-6,8-9,14H,7H2,1-4H3. The molecule has 0 saturated heterocycles. The van der Waals surface area contributed by atoms with Crippen LogP contribution in [0.25, 0.3) is 0 Å². The largest absolute Gasteiger partial charge is 0.472 e. The van der Waals surface area contributed by atoms with Gasteiger partial charge in [-0.15, -0.1) is 0 Å². The first-order valence-corrected chi connectivity index (χ1v) is 5.90. The molecule has 0 amide bonds. The summed E-state index contributed by atoms with van der Waals surface area (Å²) in [7, 11) is 0. The molecule has 0 aliphatic rings. The number of nitrogens with one attached hydrogen (secondary N) is 1. The summed E-state index contributed by atoms with van der Waals surface area (Å²) in [5.74, 6) is 0.